The quantitative estimate of drug-likeness (QED) is 0.553. The Morgan fingerprint density at radius 2 is 1.70 bits per heavy atom. The van der Waals surface area contributed by atoms with Gasteiger partial charge < -0.3 is 0 Å². The highest BCUT2D eigenvalue weighted by Gasteiger charge is 2.15. The third-order valence-electron chi connectivity index (χ3n) is 5.18. The van der Waals surface area contributed by atoms with Crippen LogP contribution in [0.2, 0.25) is 0 Å². The van der Waals surface area contributed by atoms with Crippen molar-refractivity contribution in [3.05, 3.63) is 53.7 Å². The SMILES string of the molecule is CCCCCc1ccc(-c2ccc(C3CCCCC3)cc2)nc1. The molecule has 1 saturated carbocycles. The maximum atomic E-state index is 4.67. The molecule has 122 valence electrons. The van der Waals surface area contributed by atoms with Crippen molar-refractivity contribution in [2.45, 2.75) is 70.6 Å². The second kappa shape index (κ2) is 8.29. The smallest absolute Gasteiger partial charge is 0.0702 e. The van der Waals surface area contributed by atoms with Gasteiger partial charge >= 0.3 is 0 Å². The van der Waals surface area contributed by atoms with Crippen molar-refractivity contribution < 1.29 is 0 Å². The van der Waals surface area contributed by atoms with Crippen LogP contribution >= 0.6 is 0 Å². The average Bonchev–Trinajstić information content (AvgIpc) is 2.63. The van der Waals surface area contributed by atoms with E-state index < -0.39 is 0 Å². The highest BCUT2D eigenvalue weighted by Crippen LogP contribution is 2.33. The molecule has 0 N–H and O–H groups in total. The molecule has 3 rings (SSSR count). The van der Waals surface area contributed by atoms with Crippen LogP contribution in [0.15, 0.2) is 42.6 Å². The number of nitrogens with zero attached hydrogens (tertiary/aromatic N) is 1. The van der Waals surface area contributed by atoms with E-state index in [0.29, 0.717) is 0 Å². The van der Waals surface area contributed by atoms with Crippen LogP contribution in [0.3, 0.4) is 0 Å². The average molecular weight is 307 g/mol. The van der Waals surface area contributed by atoms with Crippen molar-refractivity contribution >= 4 is 0 Å². The molecule has 1 aliphatic rings. The normalized spacial score (nSPS) is 15.7. The lowest BCUT2D eigenvalue weighted by Gasteiger charge is -2.22. The van der Waals surface area contributed by atoms with Gasteiger partial charge in [-0.2, -0.15) is 0 Å². The van der Waals surface area contributed by atoms with E-state index in [0.717, 1.165) is 18.0 Å². The Morgan fingerprint density at radius 1 is 0.913 bits per heavy atom. The maximum absolute atomic E-state index is 4.67. The topological polar surface area (TPSA) is 12.9 Å². The lowest BCUT2D eigenvalue weighted by Crippen LogP contribution is -2.04. The van der Waals surface area contributed by atoms with Crippen LogP contribution in [0.1, 0.15) is 75.3 Å². The lowest BCUT2D eigenvalue weighted by molar-refractivity contribution is 0.443. The molecule has 23 heavy (non-hydrogen) atoms. The van der Waals surface area contributed by atoms with Crippen molar-refractivity contribution in [1.82, 2.24) is 4.98 Å². The van der Waals surface area contributed by atoms with Crippen LogP contribution < -0.4 is 0 Å². The third kappa shape index (κ3) is 4.43. The minimum absolute atomic E-state index is 0.784. The standard InChI is InChI=1S/C22H29N/c1-2-3-5-8-18-11-16-22(23-17-18)21-14-12-20(13-15-21)19-9-6-4-7-10-19/h11-17,19H,2-10H2,1H3. The maximum Gasteiger partial charge on any atom is 0.0702 e. The second-order valence-corrected chi connectivity index (χ2v) is 6.97. The first kappa shape index (κ1) is 16.2. The van der Waals surface area contributed by atoms with Gasteiger partial charge in [0.2, 0.25) is 0 Å². The molecule has 0 atom stereocenters. The Labute approximate surface area is 141 Å². The van der Waals surface area contributed by atoms with Gasteiger partial charge in [0.05, 0.1) is 5.69 Å². The molecular weight excluding hydrogens is 278 g/mol. The summed E-state index contributed by atoms with van der Waals surface area (Å²) < 4.78 is 0. The molecule has 0 amide bonds. The molecule has 2 aromatic rings. The number of benzene rings is 1. The van der Waals surface area contributed by atoms with Gasteiger partial charge in [0.15, 0.2) is 0 Å². The van der Waals surface area contributed by atoms with Gasteiger partial charge in [0, 0.05) is 11.8 Å². The van der Waals surface area contributed by atoms with E-state index in [-0.39, 0.29) is 0 Å². The summed E-state index contributed by atoms with van der Waals surface area (Å²) in [5.41, 5.74) is 5.22. The van der Waals surface area contributed by atoms with E-state index >= 15 is 0 Å². The van der Waals surface area contributed by atoms with Gasteiger partial charge in [0.1, 0.15) is 0 Å². The second-order valence-electron chi connectivity index (χ2n) is 6.97. The zero-order chi connectivity index (χ0) is 15.9. The predicted octanol–water partition coefficient (Wildman–Crippen LogP) is 6.53. The first-order valence-corrected chi connectivity index (χ1v) is 9.42. The molecular formula is C22H29N. The minimum atomic E-state index is 0.784. The van der Waals surface area contributed by atoms with E-state index in [9.17, 15) is 0 Å². The number of aryl methyl sites for hydroxylation is 1. The summed E-state index contributed by atoms with van der Waals surface area (Å²) in [5, 5.41) is 0. The van der Waals surface area contributed by atoms with Crippen molar-refractivity contribution in [3.63, 3.8) is 0 Å². The monoisotopic (exact) mass is 307 g/mol. The molecule has 1 fully saturated rings. The molecule has 0 saturated heterocycles. The summed E-state index contributed by atoms with van der Waals surface area (Å²) in [7, 11) is 0. The van der Waals surface area contributed by atoms with Gasteiger partial charge in [-0.3, -0.25) is 4.98 Å². The lowest BCUT2D eigenvalue weighted by atomic mass is 9.84. The number of unbranched alkanes of at least 4 members (excludes halogenated alkanes) is 2. The molecule has 1 heterocycles. The fraction of sp³-hybridized carbons (Fsp3) is 0.500. The summed E-state index contributed by atoms with van der Waals surface area (Å²) in [6.07, 6.45) is 14.0. The minimum Gasteiger partial charge on any atom is -0.256 e. The molecule has 0 spiro atoms. The summed E-state index contributed by atoms with van der Waals surface area (Å²) >= 11 is 0. The number of rotatable bonds is 6. The summed E-state index contributed by atoms with van der Waals surface area (Å²) in [4.78, 5) is 4.67. The molecule has 1 aliphatic carbocycles. The number of hydrogen-bond donors (Lipinski definition) is 0. The fourth-order valence-corrected chi connectivity index (χ4v) is 3.68. The predicted molar refractivity (Wildman–Crippen MR) is 98.7 cm³/mol. The van der Waals surface area contributed by atoms with Crippen LogP contribution in [-0.2, 0) is 6.42 Å². The van der Waals surface area contributed by atoms with Crippen molar-refractivity contribution in [2.75, 3.05) is 0 Å². The summed E-state index contributed by atoms with van der Waals surface area (Å²) in [6.45, 7) is 2.25. The van der Waals surface area contributed by atoms with Crippen molar-refractivity contribution in [2.24, 2.45) is 0 Å². The van der Waals surface area contributed by atoms with Crippen LogP contribution in [-0.4, -0.2) is 4.98 Å². The number of aromatic nitrogens is 1. The third-order valence-corrected chi connectivity index (χ3v) is 5.18. The Bertz CT molecular complexity index is 576. The van der Waals surface area contributed by atoms with E-state index in [1.807, 2.05) is 0 Å². The Hall–Kier alpha value is -1.63. The van der Waals surface area contributed by atoms with Crippen LogP contribution in [0, 0.1) is 0 Å². The van der Waals surface area contributed by atoms with E-state index in [4.69, 9.17) is 0 Å². The summed E-state index contributed by atoms with van der Waals surface area (Å²) in [6, 6.07) is 13.6. The zero-order valence-electron chi connectivity index (χ0n) is 14.4. The van der Waals surface area contributed by atoms with Crippen LogP contribution in [0.4, 0.5) is 0 Å². The Kier molecular flexibility index (Phi) is 5.85. The zero-order valence-corrected chi connectivity index (χ0v) is 14.4. The Balaban J connectivity index is 1.64. The van der Waals surface area contributed by atoms with Crippen LogP contribution in [0.25, 0.3) is 11.3 Å². The molecule has 1 aromatic carbocycles. The molecule has 0 aliphatic heterocycles. The Morgan fingerprint density at radius 3 is 2.35 bits per heavy atom. The van der Waals surface area contributed by atoms with Crippen molar-refractivity contribution in [1.29, 1.82) is 0 Å². The highest BCUT2D eigenvalue weighted by molar-refractivity contribution is 5.59. The van der Waals surface area contributed by atoms with Gasteiger partial charge in [-0.1, -0.05) is 69.4 Å². The fourth-order valence-electron chi connectivity index (χ4n) is 3.68. The largest absolute Gasteiger partial charge is 0.256 e. The molecule has 1 heteroatoms. The van der Waals surface area contributed by atoms with Crippen molar-refractivity contribution in [3.8, 4) is 11.3 Å². The van der Waals surface area contributed by atoms with Gasteiger partial charge in [-0.25, -0.2) is 0 Å². The number of pyridine rings is 1. The molecule has 0 bridgehead atoms. The van der Waals surface area contributed by atoms with Crippen LogP contribution in [0.5, 0.6) is 0 Å². The van der Waals surface area contributed by atoms with Gasteiger partial charge in [-0.15, -0.1) is 0 Å². The first-order chi connectivity index (χ1) is 11.4. The van der Waals surface area contributed by atoms with Gasteiger partial charge in [-0.05, 0) is 48.8 Å². The number of hydrogen-bond acceptors (Lipinski definition) is 1. The van der Waals surface area contributed by atoms with E-state index in [1.54, 1.807) is 0 Å². The highest BCUT2D eigenvalue weighted by atomic mass is 14.7. The summed E-state index contributed by atoms with van der Waals surface area (Å²) in [5.74, 6) is 0.784. The molecule has 0 unspecified atom stereocenters. The van der Waals surface area contributed by atoms with E-state index in [2.05, 4.69) is 54.5 Å². The molecule has 1 nitrogen and oxygen atoms in total. The van der Waals surface area contributed by atoms with E-state index in [1.165, 1.54) is 68.1 Å². The first-order valence-electron chi connectivity index (χ1n) is 9.42. The molecule has 0 radical (unpaired) electrons. The van der Waals surface area contributed by atoms with Gasteiger partial charge in [0.25, 0.3) is 0 Å². The molecule has 1 aromatic heterocycles.